The summed E-state index contributed by atoms with van der Waals surface area (Å²) in [4.78, 5) is 41.5. The molecule has 0 atom stereocenters. The van der Waals surface area contributed by atoms with E-state index in [1.165, 1.54) is 0 Å². The number of fused-ring (bicyclic) bond motifs is 1. The van der Waals surface area contributed by atoms with Crippen LogP contribution in [0.1, 0.15) is 23.2 Å². The van der Waals surface area contributed by atoms with Crippen LogP contribution in [0.3, 0.4) is 0 Å². The second-order valence-electron chi connectivity index (χ2n) is 5.71. The van der Waals surface area contributed by atoms with Gasteiger partial charge in [-0.2, -0.15) is 0 Å². The Bertz CT molecular complexity index is 890. The van der Waals surface area contributed by atoms with Crippen LogP contribution in [0, 0.1) is 5.92 Å². The molecule has 25 heavy (non-hydrogen) atoms. The van der Waals surface area contributed by atoms with Gasteiger partial charge >= 0.3 is 5.97 Å². The number of amides is 1. The lowest BCUT2D eigenvalue weighted by Gasteiger charge is -2.16. The van der Waals surface area contributed by atoms with Gasteiger partial charge in [0.1, 0.15) is 13.2 Å². The molecule has 1 aromatic carbocycles. The Morgan fingerprint density at radius 1 is 1.32 bits per heavy atom. The summed E-state index contributed by atoms with van der Waals surface area (Å²) in [5, 5.41) is 11.4. The Balaban J connectivity index is 2.12. The number of para-hydroxylation sites is 1. The molecule has 1 aliphatic rings. The molecule has 0 aliphatic heterocycles. The van der Waals surface area contributed by atoms with E-state index in [4.69, 9.17) is 13.0 Å². The van der Waals surface area contributed by atoms with E-state index in [1.807, 2.05) is 0 Å². The first kappa shape index (κ1) is 17.5. The zero-order chi connectivity index (χ0) is 18.0. The number of nitrogens with one attached hydrogen (secondary N) is 1. The summed E-state index contributed by atoms with van der Waals surface area (Å²) in [5.74, 6) is -1.55. The lowest BCUT2D eigenvalue weighted by molar-refractivity contribution is -0.135. The Morgan fingerprint density at radius 3 is 2.68 bits per heavy atom. The fourth-order valence-electron chi connectivity index (χ4n) is 2.40. The second-order valence-corrected chi connectivity index (χ2v) is 6.15. The molecule has 2 N–H and O–H groups in total. The number of pyridine rings is 1. The van der Waals surface area contributed by atoms with Crippen LogP contribution >= 0.6 is 23.0 Å². The first-order chi connectivity index (χ1) is 12.0. The number of carboxylic acids is 1. The summed E-state index contributed by atoms with van der Waals surface area (Å²) in [6.45, 7) is -0.223. The minimum Gasteiger partial charge on any atom is -0.480 e. The van der Waals surface area contributed by atoms with Crippen molar-refractivity contribution in [3.8, 4) is 5.75 Å². The molecule has 1 saturated carbocycles. The normalized spacial score (nSPS) is 13.5. The molecule has 3 rings (SSSR count). The average molecular weight is 458 g/mol. The number of benzene rings is 1. The van der Waals surface area contributed by atoms with Gasteiger partial charge < -0.3 is 18.3 Å². The fourth-order valence-corrected chi connectivity index (χ4v) is 2.86. The van der Waals surface area contributed by atoms with Crippen molar-refractivity contribution in [2.24, 2.45) is 5.92 Å². The van der Waals surface area contributed by atoms with Gasteiger partial charge in [-0.1, -0.05) is 12.1 Å². The van der Waals surface area contributed by atoms with Crippen molar-refractivity contribution in [3.63, 3.8) is 0 Å². The standard InChI is InChI=1S/C16H15IN2O6/c17-25-14-10-3-1-2-4-11(10)19(24-8-9-5-6-9)16(23)13(14)15(22)18-7-12(20)21/h1-4,9H,5-8H2,(H,18,22)(H,20,21). The highest BCUT2D eigenvalue weighted by molar-refractivity contribution is 14.1. The molecule has 0 saturated heterocycles. The van der Waals surface area contributed by atoms with Crippen molar-refractivity contribution in [1.82, 2.24) is 10.0 Å². The van der Waals surface area contributed by atoms with Crippen LogP contribution in [0.25, 0.3) is 10.9 Å². The molecule has 1 heterocycles. The van der Waals surface area contributed by atoms with Gasteiger partial charge in [-0.25, -0.2) is 0 Å². The van der Waals surface area contributed by atoms with Crippen LogP contribution in [0.4, 0.5) is 0 Å². The molecular weight excluding hydrogens is 443 g/mol. The number of carbonyl (C=O) groups is 2. The van der Waals surface area contributed by atoms with E-state index in [0.29, 0.717) is 23.4 Å². The summed E-state index contributed by atoms with van der Waals surface area (Å²) >= 11 is 1.59. The predicted molar refractivity (Wildman–Crippen MR) is 97.0 cm³/mol. The molecule has 0 unspecified atom stereocenters. The third kappa shape index (κ3) is 3.70. The maximum absolute atomic E-state index is 12.8. The largest absolute Gasteiger partial charge is 0.480 e. The highest BCUT2D eigenvalue weighted by Crippen LogP contribution is 2.30. The van der Waals surface area contributed by atoms with Crippen LogP contribution < -0.4 is 18.8 Å². The Labute approximate surface area is 156 Å². The quantitative estimate of drug-likeness (QED) is 0.608. The first-order valence-corrected chi connectivity index (χ1v) is 8.50. The number of aromatic nitrogens is 1. The van der Waals surface area contributed by atoms with Crippen LogP contribution in [0.2, 0.25) is 0 Å². The summed E-state index contributed by atoms with van der Waals surface area (Å²) in [5.41, 5.74) is -0.492. The number of rotatable bonds is 7. The van der Waals surface area contributed by atoms with Crippen LogP contribution in [-0.4, -0.2) is 34.9 Å². The predicted octanol–water partition coefficient (Wildman–Crippen LogP) is 1.38. The molecule has 2 aromatic rings. The van der Waals surface area contributed by atoms with Crippen molar-refractivity contribution in [1.29, 1.82) is 0 Å². The van der Waals surface area contributed by atoms with Crippen molar-refractivity contribution in [2.45, 2.75) is 12.8 Å². The zero-order valence-corrected chi connectivity index (χ0v) is 15.2. The zero-order valence-electron chi connectivity index (χ0n) is 13.0. The highest BCUT2D eigenvalue weighted by atomic mass is 127. The smallest absolute Gasteiger partial charge is 0.322 e. The number of halogens is 1. The monoisotopic (exact) mass is 458 g/mol. The van der Waals surface area contributed by atoms with E-state index >= 15 is 0 Å². The summed E-state index contributed by atoms with van der Waals surface area (Å²) in [7, 11) is 0. The fraction of sp³-hybridized carbons (Fsp3) is 0.312. The molecule has 8 nitrogen and oxygen atoms in total. The van der Waals surface area contributed by atoms with Gasteiger partial charge in [0.05, 0.1) is 5.52 Å². The topological polar surface area (TPSA) is 107 Å². The number of carboxylic acid groups (broad SMARTS) is 1. The lowest BCUT2D eigenvalue weighted by atomic mass is 10.1. The Kier molecular flexibility index (Phi) is 5.11. The first-order valence-electron chi connectivity index (χ1n) is 7.62. The molecule has 1 aromatic heterocycles. The molecule has 1 aliphatic carbocycles. The third-order valence-corrected chi connectivity index (χ3v) is 4.27. The Hall–Kier alpha value is -2.30. The summed E-state index contributed by atoms with van der Waals surface area (Å²) < 4.78 is 6.34. The minimum absolute atomic E-state index is 0.0790. The van der Waals surface area contributed by atoms with Crippen molar-refractivity contribution < 1.29 is 22.6 Å². The van der Waals surface area contributed by atoms with Gasteiger partial charge in [-0.15, -0.1) is 4.73 Å². The lowest BCUT2D eigenvalue weighted by Crippen LogP contribution is -2.38. The molecule has 9 heteroatoms. The highest BCUT2D eigenvalue weighted by Gasteiger charge is 2.27. The molecule has 0 spiro atoms. The van der Waals surface area contributed by atoms with E-state index in [1.54, 1.807) is 47.3 Å². The third-order valence-electron chi connectivity index (χ3n) is 3.83. The number of carbonyl (C=O) groups excluding carboxylic acids is 1. The van der Waals surface area contributed by atoms with Crippen LogP contribution in [-0.2, 0) is 4.79 Å². The molecular formula is C16H15IN2O6. The summed E-state index contributed by atoms with van der Waals surface area (Å²) in [6.07, 6.45) is 2.10. The van der Waals surface area contributed by atoms with Gasteiger partial charge in [-0.3, -0.25) is 14.4 Å². The van der Waals surface area contributed by atoms with E-state index in [2.05, 4.69) is 5.32 Å². The van der Waals surface area contributed by atoms with E-state index in [0.717, 1.165) is 17.6 Å². The van der Waals surface area contributed by atoms with Gasteiger partial charge in [0.2, 0.25) is 0 Å². The second kappa shape index (κ2) is 7.30. The van der Waals surface area contributed by atoms with Crippen LogP contribution in [0.15, 0.2) is 29.1 Å². The molecule has 1 fully saturated rings. The summed E-state index contributed by atoms with van der Waals surface area (Å²) in [6, 6.07) is 6.89. The van der Waals surface area contributed by atoms with Gasteiger partial charge in [-0.05, 0) is 30.9 Å². The number of aliphatic carboxylic acids is 1. The van der Waals surface area contributed by atoms with Crippen molar-refractivity contribution >= 4 is 45.8 Å². The van der Waals surface area contributed by atoms with E-state index in [9.17, 15) is 14.4 Å². The van der Waals surface area contributed by atoms with E-state index in [-0.39, 0.29) is 11.3 Å². The molecule has 0 bridgehead atoms. The maximum atomic E-state index is 12.8. The number of hydrogen-bond acceptors (Lipinski definition) is 5. The molecule has 0 radical (unpaired) electrons. The van der Waals surface area contributed by atoms with Gasteiger partial charge in [0.15, 0.2) is 34.3 Å². The van der Waals surface area contributed by atoms with Crippen molar-refractivity contribution in [3.05, 3.63) is 40.2 Å². The van der Waals surface area contributed by atoms with Gasteiger partial charge in [0.25, 0.3) is 11.5 Å². The molecule has 1 amide bonds. The number of nitrogens with zero attached hydrogens (tertiary/aromatic N) is 1. The van der Waals surface area contributed by atoms with Crippen molar-refractivity contribution in [2.75, 3.05) is 13.2 Å². The number of hydrogen-bond donors (Lipinski definition) is 2. The maximum Gasteiger partial charge on any atom is 0.322 e. The van der Waals surface area contributed by atoms with E-state index < -0.39 is 24.0 Å². The average Bonchev–Trinajstić information content (AvgIpc) is 3.42. The molecule has 132 valence electrons. The van der Waals surface area contributed by atoms with Gasteiger partial charge in [0, 0.05) is 5.39 Å². The van der Waals surface area contributed by atoms with Crippen LogP contribution in [0.5, 0.6) is 5.75 Å². The minimum atomic E-state index is -1.21. The SMILES string of the molecule is O=C(O)CNC(=O)c1c(OI)c2ccccc2n(OCC2CC2)c1=O. The Morgan fingerprint density at radius 2 is 2.04 bits per heavy atom.